The molecule has 0 radical (unpaired) electrons. The van der Waals surface area contributed by atoms with E-state index in [1.807, 2.05) is 12.1 Å². The maximum atomic E-state index is 12.1. The molecule has 0 amide bonds. The molecule has 1 fully saturated rings. The molecular weight excluding hydrogens is 458 g/mol. The van der Waals surface area contributed by atoms with Gasteiger partial charge in [-0.15, -0.1) is 0 Å². The third kappa shape index (κ3) is 3.62. The van der Waals surface area contributed by atoms with Gasteiger partial charge >= 0.3 is 5.97 Å². The Morgan fingerprint density at radius 1 is 1.16 bits per heavy atom. The molecule has 1 unspecified atom stereocenters. The van der Waals surface area contributed by atoms with Crippen LogP contribution < -0.4 is 0 Å². The standard InChI is InChI=1S/C24H22BrN3O3/c1-30-24(29)17-11-19-21-20(12-18(25)14-26-21)28(23(19)27-13-17)22(15-5-3-2-4-6-15)16-7-9-31-10-8-16/h2-6,11-14,16,22H,7-10H2,1H3. The molecule has 5 rings (SSSR count). The monoisotopic (exact) mass is 479 g/mol. The maximum Gasteiger partial charge on any atom is 0.339 e. The maximum absolute atomic E-state index is 12.1. The molecule has 1 aromatic carbocycles. The van der Waals surface area contributed by atoms with Crippen molar-refractivity contribution < 1.29 is 14.3 Å². The number of hydrogen-bond donors (Lipinski definition) is 0. The predicted molar refractivity (Wildman–Crippen MR) is 122 cm³/mol. The fourth-order valence-electron chi connectivity index (χ4n) is 4.58. The first kappa shape index (κ1) is 20.2. The van der Waals surface area contributed by atoms with Crippen LogP contribution in [0.4, 0.5) is 0 Å². The number of nitrogens with zero attached hydrogens (tertiary/aromatic N) is 3. The summed E-state index contributed by atoms with van der Waals surface area (Å²) in [4.78, 5) is 21.6. The molecule has 3 aromatic heterocycles. The fourth-order valence-corrected chi connectivity index (χ4v) is 4.90. The number of ether oxygens (including phenoxy) is 2. The molecule has 1 aliphatic heterocycles. The van der Waals surface area contributed by atoms with Crippen molar-refractivity contribution in [3.05, 3.63) is 70.5 Å². The van der Waals surface area contributed by atoms with Gasteiger partial charge < -0.3 is 14.0 Å². The third-order valence-corrected chi connectivity index (χ3v) is 6.43. The van der Waals surface area contributed by atoms with Gasteiger partial charge in [-0.2, -0.15) is 0 Å². The van der Waals surface area contributed by atoms with Crippen molar-refractivity contribution >= 4 is 44.0 Å². The lowest BCUT2D eigenvalue weighted by molar-refractivity contribution is 0.0552. The van der Waals surface area contributed by atoms with Gasteiger partial charge in [0, 0.05) is 35.5 Å². The van der Waals surface area contributed by atoms with E-state index in [1.165, 1.54) is 12.7 Å². The van der Waals surface area contributed by atoms with Crippen molar-refractivity contribution in [3.63, 3.8) is 0 Å². The van der Waals surface area contributed by atoms with Gasteiger partial charge in [0.15, 0.2) is 0 Å². The molecule has 1 saturated heterocycles. The lowest BCUT2D eigenvalue weighted by Crippen LogP contribution is -2.27. The van der Waals surface area contributed by atoms with Gasteiger partial charge in [-0.1, -0.05) is 30.3 Å². The molecule has 6 nitrogen and oxygen atoms in total. The van der Waals surface area contributed by atoms with Crippen molar-refractivity contribution in [3.8, 4) is 0 Å². The summed E-state index contributed by atoms with van der Waals surface area (Å²) >= 11 is 3.58. The Labute approximate surface area is 188 Å². The van der Waals surface area contributed by atoms with Crippen LogP contribution in [0.3, 0.4) is 0 Å². The molecular formula is C24H22BrN3O3. The normalized spacial score (nSPS) is 15.9. The first-order valence-corrected chi connectivity index (χ1v) is 11.1. The average Bonchev–Trinajstić information content (AvgIpc) is 3.13. The molecule has 0 bridgehead atoms. The van der Waals surface area contributed by atoms with Crippen LogP contribution in [0, 0.1) is 5.92 Å². The second-order valence-electron chi connectivity index (χ2n) is 7.78. The van der Waals surface area contributed by atoms with Crippen molar-refractivity contribution in [2.24, 2.45) is 5.92 Å². The third-order valence-electron chi connectivity index (χ3n) is 6.00. The Morgan fingerprint density at radius 2 is 1.94 bits per heavy atom. The summed E-state index contributed by atoms with van der Waals surface area (Å²) in [5, 5.41) is 0.846. The minimum atomic E-state index is -0.406. The number of benzene rings is 1. The van der Waals surface area contributed by atoms with E-state index in [9.17, 15) is 4.79 Å². The van der Waals surface area contributed by atoms with E-state index >= 15 is 0 Å². The molecule has 1 aliphatic rings. The Balaban J connectivity index is 1.81. The highest BCUT2D eigenvalue weighted by atomic mass is 79.9. The Bertz CT molecular complexity index is 1250. The number of pyridine rings is 2. The van der Waals surface area contributed by atoms with Crippen LogP contribution in [0.1, 0.15) is 34.8 Å². The molecule has 4 aromatic rings. The molecule has 0 saturated carbocycles. The number of aromatic nitrogens is 3. The Kier molecular flexibility index (Phi) is 5.46. The number of rotatable bonds is 4. The molecule has 0 aliphatic carbocycles. The Morgan fingerprint density at radius 3 is 2.68 bits per heavy atom. The second kappa shape index (κ2) is 8.40. The molecule has 158 valence electrons. The number of fused-ring (bicyclic) bond motifs is 3. The van der Waals surface area contributed by atoms with Crippen LogP contribution in [0.5, 0.6) is 0 Å². The summed E-state index contributed by atoms with van der Waals surface area (Å²) in [5.74, 6) is -0.00698. The highest BCUT2D eigenvalue weighted by Gasteiger charge is 2.30. The lowest BCUT2D eigenvalue weighted by Gasteiger charge is -2.32. The molecule has 31 heavy (non-hydrogen) atoms. The minimum Gasteiger partial charge on any atom is -0.465 e. The van der Waals surface area contributed by atoms with E-state index in [1.54, 1.807) is 12.4 Å². The zero-order valence-electron chi connectivity index (χ0n) is 17.1. The average molecular weight is 480 g/mol. The summed E-state index contributed by atoms with van der Waals surface area (Å²) in [7, 11) is 1.38. The molecule has 0 N–H and O–H groups in total. The quantitative estimate of drug-likeness (QED) is 0.378. The van der Waals surface area contributed by atoms with E-state index in [0.29, 0.717) is 11.5 Å². The number of halogens is 1. The highest BCUT2D eigenvalue weighted by Crippen LogP contribution is 2.40. The fraction of sp³-hybridized carbons (Fsp3) is 0.292. The van der Waals surface area contributed by atoms with E-state index in [2.05, 4.69) is 50.8 Å². The first-order valence-electron chi connectivity index (χ1n) is 10.3. The minimum absolute atomic E-state index is 0.0812. The molecule has 1 atom stereocenters. The van der Waals surface area contributed by atoms with E-state index < -0.39 is 5.97 Å². The number of methoxy groups -OCH3 is 1. The van der Waals surface area contributed by atoms with E-state index in [-0.39, 0.29) is 6.04 Å². The summed E-state index contributed by atoms with van der Waals surface area (Å²) in [6.45, 7) is 1.51. The highest BCUT2D eigenvalue weighted by molar-refractivity contribution is 9.10. The first-order chi connectivity index (χ1) is 15.2. The summed E-state index contributed by atoms with van der Waals surface area (Å²) in [6.07, 6.45) is 5.32. The van der Waals surface area contributed by atoms with Crippen molar-refractivity contribution in [2.45, 2.75) is 18.9 Å². The molecule has 7 heteroatoms. The number of carbonyl (C=O) groups is 1. The van der Waals surface area contributed by atoms with Crippen LogP contribution in [-0.2, 0) is 9.47 Å². The molecule has 0 spiro atoms. The van der Waals surface area contributed by atoms with Gasteiger partial charge in [0.1, 0.15) is 5.65 Å². The number of carbonyl (C=O) groups excluding carboxylic acids is 1. The van der Waals surface area contributed by atoms with Crippen LogP contribution >= 0.6 is 15.9 Å². The van der Waals surface area contributed by atoms with Gasteiger partial charge in [-0.3, -0.25) is 4.98 Å². The van der Waals surface area contributed by atoms with Crippen LogP contribution in [0.2, 0.25) is 0 Å². The smallest absolute Gasteiger partial charge is 0.339 e. The lowest BCUT2D eigenvalue weighted by atomic mass is 9.86. The van der Waals surface area contributed by atoms with E-state index in [0.717, 1.165) is 52.6 Å². The van der Waals surface area contributed by atoms with E-state index in [4.69, 9.17) is 19.4 Å². The summed E-state index contributed by atoms with van der Waals surface area (Å²) in [6, 6.07) is 14.5. The van der Waals surface area contributed by atoms with Gasteiger partial charge in [-0.25, -0.2) is 9.78 Å². The Hall–Kier alpha value is -2.77. The summed E-state index contributed by atoms with van der Waals surface area (Å²) < 4.78 is 13.7. The summed E-state index contributed by atoms with van der Waals surface area (Å²) in [5.41, 5.74) is 4.27. The van der Waals surface area contributed by atoms with Crippen LogP contribution in [-0.4, -0.2) is 40.8 Å². The SMILES string of the molecule is COC(=O)c1cnc2c(c1)c1ncc(Br)cc1n2C(c1ccccc1)C1CCOCC1. The van der Waals surface area contributed by atoms with Gasteiger partial charge in [0.05, 0.1) is 29.7 Å². The van der Waals surface area contributed by atoms with Crippen molar-refractivity contribution in [2.75, 3.05) is 20.3 Å². The van der Waals surface area contributed by atoms with Crippen molar-refractivity contribution in [1.82, 2.24) is 14.5 Å². The van der Waals surface area contributed by atoms with Crippen molar-refractivity contribution in [1.29, 1.82) is 0 Å². The van der Waals surface area contributed by atoms with Gasteiger partial charge in [0.25, 0.3) is 0 Å². The van der Waals surface area contributed by atoms with Gasteiger partial charge in [-0.05, 0) is 52.4 Å². The second-order valence-corrected chi connectivity index (χ2v) is 8.70. The zero-order chi connectivity index (χ0) is 21.4. The van der Waals surface area contributed by atoms with Gasteiger partial charge in [0.2, 0.25) is 0 Å². The molecule has 4 heterocycles. The topological polar surface area (TPSA) is 66.2 Å². The van der Waals surface area contributed by atoms with Crippen LogP contribution in [0.25, 0.3) is 22.1 Å². The predicted octanol–water partition coefficient (Wildman–Crippen LogP) is 5.15. The largest absolute Gasteiger partial charge is 0.465 e. The van der Waals surface area contributed by atoms with Crippen LogP contribution in [0.15, 0.2) is 59.3 Å². The zero-order valence-corrected chi connectivity index (χ0v) is 18.7. The number of hydrogen-bond acceptors (Lipinski definition) is 5. The number of esters is 1.